The van der Waals surface area contributed by atoms with Crippen LogP contribution in [0.25, 0.3) is 5.65 Å². The van der Waals surface area contributed by atoms with E-state index < -0.39 is 0 Å². The van der Waals surface area contributed by atoms with Crippen molar-refractivity contribution in [3.8, 4) is 5.75 Å². The molecule has 0 amide bonds. The van der Waals surface area contributed by atoms with Crippen LogP contribution in [0.3, 0.4) is 0 Å². The number of imidazole rings is 1. The minimum absolute atomic E-state index is 0.0908. The first-order valence-electron chi connectivity index (χ1n) is 5.63. The Morgan fingerprint density at radius 3 is 3.12 bits per heavy atom. The number of pyridine rings is 1. The Morgan fingerprint density at radius 2 is 2.38 bits per heavy atom. The lowest BCUT2D eigenvalue weighted by Crippen LogP contribution is -2.11. The van der Waals surface area contributed by atoms with Crippen molar-refractivity contribution in [3.63, 3.8) is 0 Å². The van der Waals surface area contributed by atoms with Crippen LogP contribution in [0.2, 0.25) is 0 Å². The maximum atomic E-state index is 9.66. The SMILES string of the molecule is Oc1cccn2cc(C3CCCCO3)nc12. The van der Waals surface area contributed by atoms with Gasteiger partial charge in [0.2, 0.25) is 0 Å². The van der Waals surface area contributed by atoms with E-state index in [0.717, 1.165) is 25.1 Å². The van der Waals surface area contributed by atoms with Crippen molar-refractivity contribution < 1.29 is 9.84 Å². The van der Waals surface area contributed by atoms with Gasteiger partial charge in [-0.2, -0.15) is 0 Å². The van der Waals surface area contributed by atoms with Gasteiger partial charge >= 0.3 is 0 Å². The lowest BCUT2D eigenvalue weighted by molar-refractivity contribution is 0.0126. The predicted molar refractivity (Wildman–Crippen MR) is 59.4 cm³/mol. The first kappa shape index (κ1) is 9.66. The second-order valence-corrected chi connectivity index (χ2v) is 4.15. The van der Waals surface area contributed by atoms with Crippen molar-refractivity contribution in [2.24, 2.45) is 0 Å². The van der Waals surface area contributed by atoms with Crippen LogP contribution in [0, 0.1) is 0 Å². The summed E-state index contributed by atoms with van der Waals surface area (Å²) < 4.78 is 7.51. The van der Waals surface area contributed by atoms with Crippen molar-refractivity contribution in [2.75, 3.05) is 6.61 Å². The summed E-state index contributed by atoms with van der Waals surface area (Å²) in [7, 11) is 0. The van der Waals surface area contributed by atoms with E-state index in [1.54, 1.807) is 12.1 Å². The van der Waals surface area contributed by atoms with Crippen LogP contribution in [0.15, 0.2) is 24.5 Å². The Labute approximate surface area is 93.5 Å². The van der Waals surface area contributed by atoms with Crippen LogP contribution in [-0.2, 0) is 4.74 Å². The second-order valence-electron chi connectivity index (χ2n) is 4.15. The Bertz CT molecular complexity index is 501. The average Bonchev–Trinajstić information content (AvgIpc) is 2.76. The van der Waals surface area contributed by atoms with Gasteiger partial charge in [0.15, 0.2) is 11.4 Å². The molecule has 4 heteroatoms. The number of ether oxygens (including phenoxy) is 1. The molecule has 0 saturated carbocycles. The maximum absolute atomic E-state index is 9.66. The van der Waals surface area contributed by atoms with E-state index in [4.69, 9.17) is 4.74 Å². The van der Waals surface area contributed by atoms with E-state index in [1.165, 1.54) is 6.42 Å². The largest absolute Gasteiger partial charge is 0.504 e. The molecule has 16 heavy (non-hydrogen) atoms. The van der Waals surface area contributed by atoms with Crippen molar-refractivity contribution >= 4 is 5.65 Å². The molecule has 1 unspecified atom stereocenters. The van der Waals surface area contributed by atoms with Crippen LogP contribution in [0.1, 0.15) is 31.1 Å². The topological polar surface area (TPSA) is 46.8 Å². The van der Waals surface area contributed by atoms with Crippen LogP contribution < -0.4 is 0 Å². The third-order valence-corrected chi connectivity index (χ3v) is 2.99. The van der Waals surface area contributed by atoms with Crippen molar-refractivity contribution in [1.82, 2.24) is 9.38 Å². The molecule has 0 radical (unpaired) electrons. The summed E-state index contributed by atoms with van der Waals surface area (Å²) in [6.07, 6.45) is 7.25. The third-order valence-electron chi connectivity index (χ3n) is 2.99. The zero-order valence-corrected chi connectivity index (χ0v) is 8.97. The van der Waals surface area contributed by atoms with Gasteiger partial charge in [-0.05, 0) is 31.4 Å². The summed E-state index contributed by atoms with van der Waals surface area (Å²) in [4.78, 5) is 4.42. The molecule has 1 aliphatic heterocycles. The summed E-state index contributed by atoms with van der Waals surface area (Å²) in [6.45, 7) is 0.810. The molecule has 1 aliphatic rings. The highest BCUT2D eigenvalue weighted by molar-refractivity contribution is 5.53. The quantitative estimate of drug-likeness (QED) is 0.798. The number of hydrogen-bond acceptors (Lipinski definition) is 3. The van der Waals surface area contributed by atoms with Crippen molar-refractivity contribution in [2.45, 2.75) is 25.4 Å². The molecule has 0 aliphatic carbocycles. The van der Waals surface area contributed by atoms with Crippen LogP contribution >= 0.6 is 0 Å². The molecule has 0 bridgehead atoms. The molecule has 3 heterocycles. The first-order chi connectivity index (χ1) is 7.84. The molecular weight excluding hydrogens is 204 g/mol. The van der Waals surface area contributed by atoms with Gasteiger partial charge in [-0.15, -0.1) is 0 Å². The minimum Gasteiger partial charge on any atom is -0.504 e. The standard InChI is InChI=1S/C12H14N2O2/c15-10-4-3-6-14-8-9(13-12(10)14)11-5-1-2-7-16-11/h3-4,6,8,11,15H,1-2,5,7H2. The summed E-state index contributed by atoms with van der Waals surface area (Å²) in [5.41, 5.74) is 1.52. The Kier molecular flexibility index (Phi) is 2.29. The van der Waals surface area contributed by atoms with Gasteiger partial charge in [-0.25, -0.2) is 4.98 Å². The highest BCUT2D eigenvalue weighted by atomic mass is 16.5. The van der Waals surface area contributed by atoms with Gasteiger partial charge in [0.25, 0.3) is 0 Å². The van der Waals surface area contributed by atoms with Gasteiger partial charge in [0.05, 0.1) is 5.69 Å². The van der Waals surface area contributed by atoms with Gasteiger partial charge in [0, 0.05) is 19.0 Å². The van der Waals surface area contributed by atoms with Gasteiger partial charge < -0.3 is 14.2 Å². The maximum Gasteiger partial charge on any atom is 0.179 e. The highest BCUT2D eigenvalue weighted by Gasteiger charge is 2.19. The van der Waals surface area contributed by atoms with E-state index in [0.29, 0.717) is 5.65 Å². The molecule has 1 N–H and O–H groups in total. The van der Waals surface area contributed by atoms with Crippen molar-refractivity contribution in [3.05, 3.63) is 30.2 Å². The average molecular weight is 218 g/mol. The van der Waals surface area contributed by atoms with Gasteiger partial charge in [0.1, 0.15) is 6.10 Å². The molecule has 4 nitrogen and oxygen atoms in total. The number of rotatable bonds is 1. The molecule has 1 atom stereocenters. The summed E-state index contributed by atoms with van der Waals surface area (Å²) in [5, 5.41) is 9.66. The first-order valence-corrected chi connectivity index (χ1v) is 5.63. The molecule has 0 aromatic carbocycles. The Morgan fingerprint density at radius 1 is 1.44 bits per heavy atom. The van der Waals surface area contributed by atoms with Crippen LogP contribution in [0.4, 0.5) is 0 Å². The lowest BCUT2D eigenvalue weighted by Gasteiger charge is -2.20. The molecule has 84 valence electrons. The number of fused-ring (bicyclic) bond motifs is 1. The van der Waals surface area contributed by atoms with E-state index in [2.05, 4.69) is 4.98 Å². The number of hydrogen-bond donors (Lipinski definition) is 1. The number of nitrogens with zero attached hydrogens (tertiary/aromatic N) is 2. The predicted octanol–water partition coefficient (Wildman–Crippen LogP) is 2.28. The van der Waals surface area contributed by atoms with Gasteiger partial charge in [-0.3, -0.25) is 0 Å². The van der Waals surface area contributed by atoms with E-state index in [9.17, 15) is 5.11 Å². The molecule has 2 aromatic rings. The molecule has 0 spiro atoms. The minimum atomic E-state index is 0.0908. The fourth-order valence-corrected chi connectivity index (χ4v) is 2.15. The third kappa shape index (κ3) is 1.55. The zero-order chi connectivity index (χ0) is 11.0. The summed E-state index contributed by atoms with van der Waals surface area (Å²) in [5.74, 6) is 0.213. The second kappa shape index (κ2) is 3.79. The highest BCUT2D eigenvalue weighted by Crippen LogP contribution is 2.28. The monoisotopic (exact) mass is 218 g/mol. The molecule has 1 saturated heterocycles. The van der Waals surface area contributed by atoms with Crippen LogP contribution in [0.5, 0.6) is 5.75 Å². The summed E-state index contributed by atoms with van der Waals surface area (Å²) in [6, 6.07) is 3.45. The molecular formula is C12H14N2O2. The van der Waals surface area contributed by atoms with E-state index in [1.807, 2.05) is 16.8 Å². The molecule has 2 aromatic heterocycles. The molecule has 1 fully saturated rings. The van der Waals surface area contributed by atoms with E-state index in [-0.39, 0.29) is 11.9 Å². The fraction of sp³-hybridized carbons (Fsp3) is 0.417. The van der Waals surface area contributed by atoms with Gasteiger partial charge in [-0.1, -0.05) is 0 Å². The Balaban J connectivity index is 2.01. The zero-order valence-electron chi connectivity index (χ0n) is 8.97. The smallest absolute Gasteiger partial charge is 0.179 e. The number of aromatic hydroxyl groups is 1. The normalized spacial score (nSPS) is 21.4. The molecule has 3 rings (SSSR count). The summed E-state index contributed by atoms with van der Waals surface area (Å²) >= 11 is 0. The van der Waals surface area contributed by atoms with E-state index >= 15 is 0 Å². The van der Waals surface area contributed by atoms with Crippen molar-refractivity contribution in [1.29, 1.82) is 0 Å². The Hall–Kier alpha value is -1.55. The lowest BCUT2D eigenvalue weighted by atomic mass is 10.1. The fourth-order valence-electron chi connectivity index (χ4n) is 2.15. The number of aromatic nitrogens is 2. The van der Waals surface area contributed by atoms with Crippen LogP contribution in [-0.4, -0.2) is 21.1 Å².